The van der Waals surface area contributed by atoms with Crippen LogP contribution in [0.4, 0.5) is 5.82 Å². The summed E-state index contributed by atoms with van der Waals surface area (Å²) in [6.45, 7) is 7.13. The molecule has 1 N–H and O–H groups in total. The van der Waals surface area contributed by atoms with Crippen LogP contribution in [0.5, 0.6) is 0 Å². The number of hydrogen-bond donors (Lipinski definition) is 1. The molecule has 5 rings (SSSR count). The second-order valence-electron chi connectivity index (χ2n) is 8.35. The number of aromatic carboxylic acids is 1. The minimum atomic E-state index is -1.08. The summed E-state index contributed by atoms with van der Waals surface area (Å²) >= 11 is 0. The number of rotatable bonds is 5. The normalized spacial score (nSPS) is 14.2. The summed E-state index contributed by atoms with van der Waals surface area (Å²) in [6.07, 6.45) is 1.80. The molecule has 1 saturated heterocycles. The van der Waals surface area contributed by atoms with Gasteiger partial charge in [0.2, 0.25) is 0 Å². The number of carboxylic acid groups (broad SMARTS) is 1. The van der Waals surface area contributed by atoms with Gasteiger partial charge in [-0.3, -0.25) is 0 Å². The van der Waals surface area contributed by atoms with E-state index in [0.29, 0.717) is 18.9 Å². The summed E-state index contributed by atoms with van der Waals surface area (Å²) in [5, 5.41) is 15.5. The number of nitrogens with zero attached hydrogens (tertiary/aromatic N) is 5. The van der Waals surface area contributed by atoms with E-state index in [4.69, 9.17) is 9.84 Å². The van der Waals surface area contributed by atoms with Gasteiger partial charge in [0.25, 0.3) is 0 Å². The van der Waals surface area contributed by atoms with Crippen molar-refractivity contribution in [3.8, 4) is 16.8 Å². The second-order valence-corrected chi connectivity index (χ2v) is 8.35. The van der Waals surface area contributed by atoms with Crippen LogP contribution in [-0.2, 0) is 4.74 Å². The van der Waals surface area contributed by atoms with E-state index in [9.17, 15) is 9.90 Å². The number of anilines is 1. The van der Waals surface area contributed by atoms with Crippen molar-refractivity contribution >= 4 is 22.8 Å². The van der Waals surface area contributed by atoms with Crippen LogP contribution in [-0.4, -0.2) is 57.1 Å². The Labute approximate surface area is 191 Å². The van der Waals surface area contributed by atoms with E-state index in [-0.39, 0.29) is 11.6 Å². The summed E-state index contributed by atoms with van der Waals surface area (Å²) in [7, 11) is 0. The van der Waals surface area contributed by atoms with Crippen LogP contribution < -0.4 is 4.90 Å². The van der Waals surface area contributed by atoms with Crippen molar-refractivity contribution < 1.29 is 14.6 Å². The maximum Gasteiger partial charge on any atom is 0.354 e. The van der Waals surface area contributed by atoms with E-state index in [2.05, 4.69) is 28.7 Å². The highest BCUT2D eigenvalue weighted by atomic mass is 16.5. The molecule has 33 heavy (non-hydrogen) atoms. The highest BCUT2D eigenvalue weighted by Gasteiger charge is 2.23. The molecule has 0 spiro atoms. The van der Waals surface area contributed by atoms with Crippen LogP contribution in [0.1, 0.15) is 35.9 Å². The Morgan fingerprint density at radius 1 is 1.09 bits per heavy atom. The highest BCUT2D eigenvalue weighted by Crippen LogP contribution is 2.35. The summed E-state index contributed by atoms with van der Waals surface area (Å²) < 4.78 is 7.16. The summed E-state index contributed by atoms with van der Waals surface area (Å²) in [6, 6.07) is 15.2. The maximum absolute atomic E-state index is 12.0. The van der Waals surface area contributed by atoms with Crippen molar-refractivity contribution in [3.05, 3.63) is 66.1 Å². The van der Waals surface area contributed by atoms with E-state index in [1.807, 2.05) is 42.5 Å². The van der Waals surface area contributed by atoms with Crippen molar-refractivity contribution in [2.75, 3.05) is 31.2 Å². The van der Waals surface area contributed by atoms with E-state index < -0.39 is 5.97 Å². The fourth-order valence-corrected chi connectivity index (χ4v) is 4.16. The van der Waals surface area contributed by atoms with Crippen LogP contribution >= 0.6 is 0 Å². The Hall–Kier alpha value is -3.78. The number of hydrogen-bond acceptors (Lipinski definition) is 6. The van der Waals surface area contributed by atoms with Crippen LogP contribution in [0.15, 0.2) is 54.7 Å². The molecule has 0 aliphatic carbocycles. The largest absolute Gasteiger partial charge is 0.477 e. The first-order chi connectivity index (χ1) is 16.0. The van der Waals surface area contributed by atoms with Gasteiger partial charge in [0, 0.05) is 24.8 Å². The van der Waals surface area contributed by atoms with E-state index in [1.165, 1.54) is 0 Å². The van der Waals surface area contributed by atoms with Crippen LogP contribution in [0.25, 0.3) is 27.8 Å². The molecule has 0 saturated carbocycles. The molecule has 0 bridgehead atoms. The zero-order valence-electron chi connectivity index (χ0n) is 18.6. The number of para-hydroxylation sites is 1. The number of pyridine rings is 2. The highest BCUT2D eigenvalue weighted by molar-refractivity contribution is 6.00. The number of benzene rings is 1. The van der Waals surface area contributed by atoms with Gasteiger partial charge in [0.15, 0.2) is 11.3 Å². The van der Waals surface area contributed by atoms with Crippen molar-refractivity contribution in [2.24, 2.45) is 0 Å². The molecule has 0 atom stereocenters. The molecule has 168 valence electrons. The van der Waals surface area contributed by atoms with Crippen LogP contribution in [0.3, 0.4) is 0 Å². The Morgan fingerprint density at radius 3 is 2.48 bits per heavy atom. The lowest BCUT2D eigenvalue weighted by atomic mass is 9.98. The van der Waals surface area contributed by atoms with Crippen LogP contribution in [0, 0.1) is 0 Å². The van der Waals surface area contributed by atoms with Gasteiger partial charge >= 0.3 is 5.97 Å². The lowest BCUT2D eigenvalue weighted by molar-refractivity contribution is 0.0691. The van der Waals surface area contributed by atoms with Crippen LogP contribution in [0.2, 0.25) is 0 Å². The van der Waals surface area contributed by atoms with E-state index >= 15 is 0 Å². The number of carboxylic acids is 1. The lowest BCUT2D eigenvalue weighted by Crippen LogP contribution is -2.36. The molecule has 8 heteroatoms. The molecule has 3 aromatic heterocycles. The van der Waals surface area contributed by atoms with Crippen molar-refractivity contribution in [3.63, 3.8) is 0 Å². The first-order valence-corrected chi connectivity index (χ1v) is 11.0. The summed E-state index contributed by atoms with van der Waals surface area (Å²) in [5.41, 5.74) is 3.79. The third-order valence-electron chi connectivity index (χ3n) is 5.83. The quantitative estimate of drug-likeness (QED) is 0.495. The number of fused-ring (bicyclic) bond motifs is 1. The zero-order valence-corrected chi connectivity index (χ0v) is 18.6. The fourth-order valence-electron chi connectivity index (χ4n) is 4.16. The van der Waals surface area contributed by atoms with Crippen molar-refractivity contribution in [2.45, 2.75) is 19.8 Å². The number of ether oxygens (including phenoxy) is 1. The molecule has 1 aliphatic heterocycles. The fraction of sp³-hybridized carbons (Fsp3) is 0.280. The van der Waals surface area contributed by atoms with Crippen molar-refractivity contribution in [1.29, 1.82) is 0 Å². The number of carbonyl (C=O) groups is 1. The molecule has 4 aromatic rings. The monoisotopic (exact) mass is 443 g/mol. The second kappa shape index (κ2) is 8.63. The van der Waals surface area contributed by atoms with Gasteiger partial charge in [-0.05, 0) is 41.8 Å². The van der Waals surface area contributed by atoms with Gasteiger partial charge in [0.05, 0.1) is 30.0 Å². The lowest BCUT2D eigenvalue weighted by Gasteiger charge is -2.27. The Bertz CT molecular complexity index is 1290. The Morgan fingerprint density at radius 2 is 1.85 bits per heavy atom. The number of aromatic nitrogens is 4. The first-order valence-electron chi connectivity index (χ1n) is 11.0. The van der Waals surface area contributed by atoms with Gasteiger partial charge in [-0.15, -0.1) is 0 Å². The third-order valence-corrected chi connectivity index (χ3v) is 5.83. The molecule has 4 heterocycles. The molecule has 1 aromatic carbocycles. The SMILES string of the molecule is CC(C)c1nn(-c2ccccc2)c2nc(C(=O)O)cc(-c3ccc(N4CCOCC4)nc3)c12. The average molecular weight is 444 g/mol. The first kappa shape index (κ1) is 21.1. The van der Waals surface area contributed by atoms with Gasteiger partial charge in [-0.1, -0.05) is 32.0 Å². The molecular formula is C25H25N5O3. The zero-order chi connectivity index (χ0) is 22.9. The Kier molecular flexibility index (Phi) is 5.51. The molecule has 1 fully saturated rings. The molecule has 0 amide bonds. The minimum Gasteiger partial charge on any atom is -0.477 e. The van der Waals surface area contributed by atoms with Gasteiger partial charge in [-0.2, -0.15) is 5.10 Å². The smallest absolute Gasteiger partial charge is 0.354 e. The van der Waals surface area contributed by atoms with Gasteiger partial charge < -0.3 is 14.7 Å². The van der Waals surface area contributed by atoms with Gasteiger partial charge in [0.1, 0.15) is 5.82 Å². The predicted molar refractivity (Wildman–Crippen MR) is 126 cm³/mol. The summed E-state index contributed by atoms with van der Waals surface area (Å²) in [5.74, 6) is -0.0768. The maximum atomic E-state index is 12.0. The average Bonchev–Trinajstić information content (AvgIpc) is 3.25. The molecule has 1 aliphatic rings. The minimum absolute atomic E-state index is 0.0258. The molecular weight excluding hydrogens is 418 g/mol. The predicted octanol–water partition coefficient (Wildman–Crippen LogP) is 4.14. The van der Waals surface area contributed by atoms with E-state index in [0.717, 1.165) is 46.8 Å². The van der Waals surface area contributed by atoms with E-state index in [1.54, 1.807) is 16.9 Å². The molecule has 0 unspecified atom stereocenters. The third kappa shape index (κ3) is 3.93. The van der Waals surface area contributed by atoms with Gasteiger partial charge in [-0.25, -0.2) is 19.4 Å². The Balaban J connectivity index is 1.71. The number of morpholine rings is 1. The molecule has 8 nitrogen and oxygen atoms in total. The van der Waals surface area contributed by atoms with Crippen molar-refractivity contribution in [1.82, 2.24) is 19.7 Å². The standard InChI is InChI=1S/C25H25N5O3/c1-16(2)23-22-19(17-8-9-21(26-15-17)29-10-12-33-13-11-29)14-20(25(31)32)27-24(22)30(28-23)18-6-4-3-5-7-18/h3-9,14-16H,10-13H2,1-2H3,(H,31,32). The summed E-state index contributed by atoms with van der Waals surface area (Å²) in [4.78, 5) is 23.3. The molecule has 0 radical (unpaired) electrons. The topological polar surface area (TPSA) is 93.4 Å².